The van der Waals surface area contributed by atoms with Crippen LogP contribution in [0.4, 0.5) is 5.69 Å². The highest BCUT2D eigenvalue weighted by Crippen LogP contribution is 2.32. The molecular weight excluding hydrogens is 322 g/mol. The van der Waals surface area contributed by atoms with Crippen molar-refractivity contribution < 1.29 is 0 Å². The summed E-state index contributed by atoms with van der Waals surface area (Å²) in [6.45, 7) is 4.35. The van der Waals surface area contributed by atoms with Crippen LogP contribution in [0.5, 0.6) is 0 Å². The fraction of sp³-hybridized carbons (Fsp3) is 0.500. The van der Waals surface area contributed by atoms with Crippen molar-refractivity contribution in [3.63, 3.8) is 0 Å². The molecule has 1 aliphatic rings. The van der Waals surface area contributed by atoms with E-state index in [-0.39, 0.29) is 0 Å². The molecule has 1 saturated heterocycles. The van der Waals surface area contributed by atoms with Gasteiger partial charge in [-0.05, 0) is 48.1 Å². The van der Waals surface area contributed by atoms with Gasteiger partial charge in [-0.2, -0.15) is 0 Å². The molecule has 2 atom stereocenters. The minimum Gasteiger partial charge on any atom is -0.389 e. The van der Waals surface area contributed by atoms with E-state index < -0.39 is 0 Å². The second kappa shape index (κ2) is 5.77. The van der Waals surface area contributed by atoms with Gasteiger partial charge in [0.1, 0.15) is 4.99 Å². The molecule has 1 fully saturated rings. The van der Waals surface area contributed by atoms with Crippen LogP contribution in [0.2, 0.25) is 0 Å². The van der Waals surface area contributed by atoms with Crippen LogP contribution < -0.4 is 10.6 Å². The molecule has 5 heteroatoms. The third-order valence-corrected chi connectivity index (χ3v) is 4.68. The topological polar surface area (TPSA) is 32.5 Å². The second-order valence-corrected chi connectivity index (χ2v) is 6.71. The highest BCUT2D eigenvalue weighted by Gasteiger charge is 2.32. The number of nitrogens with zero attached hydrogens (tertiary/aromatic N) is 2. The number of halogens is 1. The molecule has 0 bridgehead atoms. The van der Waals surface area contributed by atoms with Crippen LogP contribution in [0.25, 0.3) is 0 Å². The summed E-state index contributed by atoms with van der Waals surface area (Å²) < 4.78 is 0.971. The first kappa shape index (κ1) is 14.8. The van der Waals surface area contributed by atoms with Crippen LogP contribution in [0.15, 0.2) is 22.7 Å². The summed E-state index contributed by atoms with van der Waals surface area (Å²) in [6.07, 6.45) is 0. The van der Waals surface area contributed by atoms with Gasteiger partial charge in [0.25, 0.3) is 0 Å². The standard InChI is InChI=1S/C14H20BrN3S/c1-9-7-18(8-12(9)17(2)3)11-6-4-5-10(15)13(11)14(16)19/h4-6,9,12H,7-8H2,1-3H3,(H2,16,19). The molecule has 1 heterocycles. The lowest BCUT2D eigenvalue weighted by molar-refractivity contribution is 0.266. The molecule has 1 aromatic rings. The quantitative estimate of drug-likeness (QED) is 0.856. The number of rotatable bonds is 3. The van der Waals surface area contributed by atoms with E-state index >= 15 is 0 Å². The fourth-order valence-electron chi connectivity index (χ4n) is 2.84. The van der Waals surface area contributed by atoms with E-state index in [9.17, 15) is 0 Å². The monoisotopic (exact) mass is 341 g/mol. The average Bonchev–Trinajstić information content (AvgIpc) is 2.70. The van der Waals surface area contributed by atoms with Crippen molar-refractivity contribution in [3.8, 4) is 0 Å². The molecule has 2 rings (SSSR count). The number of anilines is 1. The highest BCUT2D eigenvalue weighted by molar-refractivity contribution is 9.10. The third kappa shape index (κ3) is 2.93. The van der Waals surface area contributed by atoms with E-state index in [0.717, 1.165) is 28.8 Å². The zero-order valence-electron chi connectivity index (χ0n) is 11.6. The van der Waals surface area contributed by atoms with Gasteiger partial charge in [-0.15, -0.1) is 0 Å². The van der Waals surface area contributed by atoms with Crippen LogP contribution in [-0.2, 0) is 0 Å². The summed E-state index contributed by atoms with van der Waals surface area (Å²) in [5.41, 5.74) is 7.96. The zero-order chi connectivity index (χ0) is 14.2. The van der Waals surface area contributed by atoms with Gasteiger partial charge >= 0.3 is 0 Å². The molecular formula is C14H20BrN3S. The maximum absolute atomic E-state index is 5.88. The van der Waals surface area contributed by atoms with E-state index in [2.05, 4.69) is 52.8 Å². The Balaban J connectivity index is 2.34. The van der Waals surface area contributed by atoms with Crippen molar-refractivity contribution in [1.82, 2.24) is 4.90 Å². The third-order valence-electron chi connectivity index (χ3n) is 3.81. The Kier molecular flexibility index (Phi) is 4.48. The van der Waals surface area contributed by atoms with Crippen molar-refractivity contribution in [3.05, 3.63) is 28.2 Å². The molecule has 0 aliphatic carbocycles. The van der Waals surface area contributed by atoms with Gasteiger partial charge in [-0.1, -0.05) is 25.2 Å². The lowest BCUT2D eigenvalue weighted by atomic mass is 10.1. The van der Waals surface area contributed by atoms with Gasteiger partial charge in [-0.3, -0.25) is 0 Å². The first-order valence-corrected chi connectivity index (χ1v) is 7.61. The molecule has 1 aromatic carbocycles. The molecule has 3 nitrogen and oxygen atoms in total. The molecule has 0 radical (unpaired) electrons. The SMILES string of the molecule is CC1CN(c2cccc(Br)c2C(N)=S)CC1N(C)C. The fourth-order valence-corrected chi connectivity index (χ4v) is 3.75. The summed E-state index contributed by atoms with van der Waals surface area (Å²) in [5, 5.41) is 0. The van der Waals surface area contributed by atoms with Gasteiger partial charge in [0.15, 0.2) is 0 Å². The second-order valence-electron chi connectivity index (χ2n) is 5.41. The van der Waals surface area contributed by atoms with Gasteiger partial charge in [0, 0.05) is 34.9 Å². The first-order valence-electron chi connectivity index (χ1n) is 6.41. The van der Waals surface area contributed by atoms with Crippen molar-refractivity contribution in [1.29, 1.82) is 0 Å². The molecule has 2 unspecified atom stereocenters. The maximum Gasteiger partial charge on any atom is 0.107 e. The molecule has 0 saturated carbocycles. The molecule has 0 amide bonds. The number of likely N-dealkylation sites (N-methyl/N-ethyl adjacent to an activating group) is 1. The summed E-state index contributed by atoms with van der Waals surface area (Å²) in [6, 6.07) is 6.69. The van der Waals surface area contributed by atoms with Gasteiger partial charge < -0.3 is 15.5 Å². The average molecular weight is 342 g/mol. The lowest BCUT2D eigenvalue weighted by Crippen LogP contribution is -2.34. The molecule has 0 spiro atoms. The van der Waals surface area contributed by atoms with E-state index in [1.807, 2.05) is 12.1 Å². The van der Waals surface area contributed by atoms with Crippen molar-refractivity contribution >= 4 is 38.8 Å². The molecule has 104 valence electrons. The predicted molar refractivity (Wildman–Crippen MR) is 88.9 cm³/mol. The van der Waals surface area contributed by atoms with E-state index in [1.165, 1.54) is 0 Å². The summed E-state index contributed by atoms with van der Waals surface area (Å²) in [4.78, 5) is 5.13. The Morgan fingerprint density at radius 3 is 2.63 bits per heavy atom. The number of benzene rings is 1. The Hall–Kier alpha value is -0.650. The number of hydrogen-bond donors (Lipinski definition) is 1. The number of hydrogen-bond acceptors (Lipinski definition) is 3. The van der Waals surface area contributed by atoms with E-state index in [0.29, 0.717) is 16.9 Å². The van der Waals surface area contributed by atoms with Gasteiger partial charge in [-0.25, -0.2) is 0 Å². The number of thiocarbonyl (C=S) groups is 1. The van der Waals surface area contributed by atoms with Crippen LogP contribution in [0.1, 0.15) is 12.5 Å². The van der Waals surface area contributed by atoms with E-state index in [4.69, 9.17) is 18.0 Å². The van der Waals surface area contributed by atoms with Crippen LogP contribution in [0.3, 0.4) is 0 Å². The zero-order valence-corrected chi connectivity index (χ0v) is 14.0. The van der Waals surface area contributed by atoms with Crippen LogP contribution in [-0.4, -0.2) is 43.1 Å². The number of nitrogens with two attached hydrogens (primary N) is 1. The Morgan fingerprint density at radius 1 is 1.42 bits per heavy atom. The molecule has 19 heavy (non-hydrogen) atoms. The predicted octanol–water partition coefficient (Wildman–Crippen LogP) is 2.47. The highest BCUT2D eigenvalue weighted by atomic mass is 79.9. The minimum atomic E-state index is 0.448. The molecule has 0 aromatic heterocycles. The summed E-state index contributed by atoms with van der Waals surface area (Å²) >= 11 is 8.74. The normalized spacial score (nSPS) is 23.1. The smallest absolute Gasteiger partial charge is 0.107 e. The summed E-state index contributed by atoms with van der Waals surface area (Å²) in [5.74, 6) is 0.633. The van der Waals surface area contributed by atoms with Crippen LogP contribution in [0, 0.1) is 5.92 Å². The Bertz CT molecular complexity index is 490. The van der Waals surface area contributed by atoms with Gasteiger partial charge in [0.2, 0.25) is 0 Å². The first-order chi connectivity index (χ1) is 8.91. The van der Waals surface area contributed by atoms with Crippen molar-refractivity contribution in [2.45, 2.75) is 13.0 Å². The van der Waals surface area contributed by atoms with E-state index in [1.54, 1.807) is 0 Å². The maximum atomic E-state index is 5.88. The van der Waals surface area contributed by atoms with Crippen molar-refractivity contribution in [2.24, 2.45) is 11.7 Å². The van der Waals surface area contributed by atoms with Crippen molar-refractivity contribution in [2.75, 3.05) is 32.1 Å². The van der Waals surface area contributed by atoms with Crippen LogP contribution >= 0.6 is 28.1 Å². The van der Waals surface area contributed by atoms with Gasteiger partial charge in [0.05, 0.1) is 0 Å². The lowest BCUT2D eigenvalue weighted by Gasteiger charge is -2.24. The molecule has 2 N–H and O–H groups in total. The Labute approximate surface area is 128 Å². The summed E-state index contributed by atoms with van der Waals surface area (Å²) in [7, 11) is 4.28. The molecule has 1 aliphatic heterocycles. The largest absolute Gasteiger partial charge is 0.389 e. The minimum absolute atomic E-state index is 0.448. The Morgan fingerprint density at radius 2 is 2.11 bits per heavy atom.